The molecule has 4 nitrogen and oxygen atoms in total. The molecule has 1 aromatic carbocycles. The van der Waals surface area contributed by atoms with Gasteiger partial charge in [0.15, 0.2) is 0 Å². The van der Waals surface area contributed by atoms with Crippen molar-refractivity contribution in [1.29, 1.82) is 0 Å². The van der Waals surface area contributed by atoms with E-state index in [2.05, 4.69) is 18.0 Å². The van der Waals surface area contributed by atoms with Gasteiger partial charge in [0.25, 0.3) is 5.91 Å². The second kappa shape index (κ2) is 5.95. The molecular weight excluding hydrogens is 282 g/mol. The molecule has 0 saturated carbocycles. The van der Waals surface area contributed by atoms with E-state index < -0.39 is 0 Å². The number of carbonyl (C=O) groups is 1. The summed E-state index contributed by atoms with van der Waals surface area (Å²) in [6.45, 7) is 4.25. The molecule has 2 heterocycles. The minimum atomic E-state index is 0.0297. The Morgan fingerprint density at radius 3 is 3.00 bits per heavy atom. The third kappa shape index (κ3) is 2.84. The number of aryl methyl sites for hydroxylation is 1. The van der Waals surface area contributed by atoms with Crippen molar-refractivity contribution in [2.75, 3.05) is 19.6 Å². The van der Waals surface area contributed by atoms with E-state index in [4.69, 9.17) is 5.73 Å². The Hall–Kier alpha value is -1.72. The first kappa shape index (κ1) is 14.2. The lowest BCUT2D eigenvalue weighted by Crippen LogP contribution is -2.30. The first-order valence-electron chi connectivity index (χ1n) is 7.20. The van der Waals surface area contributed by atoms with Crippen molar-refractivity contribution in [2.24, 2.45) is 11.7 Å². The number of amides is 1. The van der Waals surface area contributed by atoms with Gasteiger partial charge in [-0.1, -0.05) is 24.3 Å². The van der Waals surface area contributed by atoms with Crippen molar-refractivity contribution in [3.05, 3.63) is 40.9 Å². The van der Waals surface area contributed by atoms with Crippen molar-refractivity contribution in [1.82, 2.24) is 9.88 Å². The second-order valence-electron chi connectivity index (χ2n) is 5.49. The largest absolute Gasteiger partial charge is 0.337 e. The lowest BCUT2D eigenvalue weighted by Gasteiger charge is -2.14. The van der Waals surface area contributed by atoms with E-state index in [1.54, 1.807) is 0 Å². The Labute approximate surface area is 128 Å². The van der Waals surface area contributed by atoms with Gasteiger partial charge in [0, 0.05) is 24.0 Å². The molecule has 110 valence electrons. The molecule has 1 fully saturated rings. The van der Waals surface area contributed by atoms with Gasteiger partial charge < -0.3 is 10.6 Å². The number of nitrogens with two attached hydrogens (primary N) is 1. The average Bonchev–Trinajstić information content (AvgIpc) is 3.16. The third-order valence-corrected chi connectivity index (χ3v) is 4.88. The molecule has 1 unspecified atom stereocenters. The van der Waals surface area contributed by atoms with Crippen molar-refractivity contribution in [2.45, 2.75) is 13.3 Å². The summed E-state index contributed by atoms with van der Waals surface area (Å²) < 4.78 is 0. The highest BCUT2D eigenvalue weighted by molar-refractivity contribution is 7.13. The van der Waals surface area contributed by atoms with Gasteiger partial charge in [0.2, 0.25) is 0 Å². The van der Waals surface area contributed by atoms with Crippen molar-refractivity contribution in [3.63, 3.8) is 0 Å². The predicted molar refractivity (Wildman–Crippen MR) is 85.4 cm³/mol. The molecule has 1 aliphatic rings. The van der Waals surface area contributed by atoms with Crippen LogP contribution in [0.2, 0.25) is 0 Å². The molecule has 5 heteroatoms. The summed E-state index contributed by atoms with van der Waals surface area (Å²) in [6.07, 6.45) is 0.997. The van der Waals surface area contributed by atoms with Crippen LogP contribution >= 0.6 is 11.3 Å². The SMILES string of the molecule is Cc1ccccc1-c1nc(C(=O)N2CCC(CN)C2)cs1. The molecule has 2 N–H and O–H groups in total. The lowest BCUT2D eigenvalue weighted by atomic mass is 10.1. The first-order valence-corrected chi connectivity index (χ1v) is 8.08. The van der Waals surface area contributed by atoms with Gasteiger partial charge in [-0.15, -0.1) is 11.3 Å². The maximum Gasteiger partial charge on any atom is 0.273 e. The fraction of sp³-hybridized carbons (Fsp3) is 0.375. The zero-order chi connectivity index (χ0) is 14.8. The van der Waals surface area contributed by atoms with E-state index in [0.29, 0.717) is 18.2 Å². The summed E-state index contributed by atoms with van der Waals surface area (Å²) in [5.41, 5.74) is 8.51. The predicted octanol–water partition coefficient (Wildman–Crippen LogP) is 2.54. The van der Waals surface area contributed by atoms with E-state index in [-0.39, 0.29) is 5.91 Å². The summed E-state index contributed by atoms with van der Waals surface area (Å²) in [4.78, 5) is 18.9. The number of rotatable bonds is 3. The van der Waals surface area contributed by atoms with Crippen molar-refractivity contribution >= 4 is 17.2 Å². The van der Waals surface area contributed by atoms with Crippen LogP contribution < -0.4 is 5.73 Å². The normalized spacial score (nSPS) is 18.2. The highest BCUT2D eigenvalue weighted by atomic mass is 32.1. The van der Waals surface area contributed by atoms with Crippen molar-refractivity contribution < 1.29 is 4.79 Å². The number of nitrogens with zero attached hydrogens (tertiary/aromatic N) is 2. The zero-order valence-electron chi connectivity index (χ0n) is 12.1. The van der Waals surface area contributed by atoms with E-state index in [1.807, 2.05) is 28.5 Å². The highest BCUT2D eigenvalue weighted by Gasteiger charge is 2.27. The maximum absolute atomic E-state index is 12.5. The summed E-state index contributed by atoms with van der Waals surface area (Å²) in [5.74, 6) is 0.463. The molecule has 2 aromatic rings. The standard InChI is InChI=1S/C16H19N3OS/c1-11-4-2-3-5-13(11)15-18-14(10-21-15)16(20)19-7-6-12(8-17)9-19/h2-5,10,12H,6-9,17H2,1H3. The molecule has 1 atom stereocenters. The molecular formula is C16H19N3OS. The summed E-state index contributed by atoms with van der Waals surface area (Å²) in [6, 6.07) is 8.11. The maximum atomic E-state index is 12.5. The average molecular weight is 301 g/mol. The molecule has 1 amide bonds. The first-order chi connectivity index (χ1) is 10.2. The van der Waals surface area contributed by atoms with Crippen LogP contribution in [-0.2, 0) is 0 Å². The van der Waals surface area contributed by atoms with E-state index in [9.17, 15) is 4.79 Å². The minimum Gasteiger partial charge on any atom is -0.337 e. The highest BCUT2D eigenvalue weighted by Crippen LogP contribution is 2.27. The van der Waals surface area contributed by atoms with Gasteiger partial charge in [-0.25, -0.2) is 4.98 Å². The number of aromatic nitrogens is 1. The van der Waals surface area contributed by atoms with Crippen LogP contribution in [0.15, 0.2) is 29.6 Å². The molecule has 0 radical (unpaired) electrons. The van der Waals surface area contributed by atoms with Gasteiger partial charge in [-0.2, -0.15) is 0 Å². The Balaban J connectivity index is 1.79. The molecule has 0 bridgehead atoms. The molecule has 0 spiro atoms. The van der Waals surface area contributed by atoms with Crippen LogP contribution in [0.25, 0.3) is 10.6 Å². The van der Waals surface area contributed by atoms with Crippen molar-refractivity contribution in [3.8, 4) is 10.6 Å². The molecule has 0 aliphatic carbocycles. The van der Waals surface area contributed by atoms with E-state index in [0.717, 1.165) is 30.1 Å². The third-order valence-electron chi connectivity index (χ3n) is 4.01. The minimum absolute atomic E-state index is 0.0297. The Bertz CT molecular complexity index is 652. The van der Waals surface area contributed by atoms with E-state index >= 15 is 0 Å². The summed E-state index contributed by atoms with van der Waals surface area (Å²) in [5, 5.41) is 2.77. The fourth-order valence-corrected chi connectivity index (χ4v) is 3.56. The number of thiazole rings is 1. The van der Waals surface area contributed by atoms with Gasteiger partial charge in [0.1, 0.15) is 10.7 Å². The second-order valence-corrected chi connectivity index (χ2v) is 6.35. The quantitative estimate of drug-likeness (QED) is 0.947. The van der Waals surface area contributed by atoms with Crippen LogP contribution in [-0.4, -0.2) is 35.4 Å². The smallest absolute Gasteiger partial charge is 0.273 e. The van der Waals surface area contributed by atoms with Gasteiger partial charge in [0.05, 0.1) is 0 Å². The van der Waals surface area contributed by atoms with Gasteiger partial charge in [-0.05, 0) is 31.4 Å². The number of hydrogen-bond donors (Lipinski definition) is 1. The Morgan fingerprint density at radius 1 is 1.48 bits per heavy atom. The van der Waals surface area contributed by atoms with E-state index in [1.165, 1.54) is 16.9 Å². The number of hydrogen-bond acceptors (Lipinski definition) is 4. The summed E-state index contributed by atoms with van der Waals surface area (Å²) in [7, 11) is 0. The lowest BCUT2D eigenvalue weighted by molar-refractivity contribution is 0.0783. The number of benzene rings is 1. The van der Waals surface area contributed by atoms with Crippen LogP contribution in [0.5, 0.6) is 0 Å². The monoisotopic (exact) mass is 301 g/mol. The molecule has 1 saturated heterocycles. The van der Waals surface area contributed by atoms with Crippen LogP contribution in [0.4, 0.5) is 0 Å². The van der Waals surface area contributed by atoms with Crippen LogP contribution in [0.3, 0.4) is 0 Å². The molecule has 21 heavy (non-hydrogen) atoms. The molecule has 1 aromatic heterocycles. The van der Waals surface area contributed by atoms with Crippen LogP contribution in [0, 0.1) is 12.8 Å². The number of carbonyl (C=O) groups excluding carboxylic acids is 1. The van der Waals surface area contributed by atoms with Gasteiger partial charge >= 0.3 is 0 Å². The number of likely N-dealkylation sites (tertiary alicyclic amines) is 1. The zero-order valence-corrected chi connectivity index (χ0v) is 12.9. The van der Waals surface area contributed by atoms with Crippen LogP contribution in [0.1, 0.15) is 22.5 Å². The topological polar surface area (TPSA) is 59.2 Å². The molecule has 3 rings (SSSR count). The van der Waals surface area contributed by atoms with Gasteiger partial charge in [-0.3, -0.25) is 4.79 Å². The summed E-state index contributed by atoms with van der Waals surface area (Å²) >= 11 is 1.53. The molecule has 1 aliphatic heterocycles. The Kier molecular flexibility index (Phi) is 4.03. The Morgan fingerprint density at radius 2 is 2.29 bits per heavy atom. The fourth-order valence-electron chi connectivity index (χ4n) is 2.68.